The summed E-state index contributed by atoms with van der Waals surface area (Å²) in [6, 6.07) is 2.52. The largest absolute Gasteiger partial charge is 0.465 e. The van der Waals surface area contributed by atoms with Gasteiger partial charge in [0.05, 0.1) is 12.3 Å². The highest BCUT2D eigenvalue weighted by molar-refractivity contribution is 5.79. The number of azide groups is 1. The SMILES string of the molecule is CCOC(=O)C(N=[N+]=[N-])c1ncccc1C=C(C)C. The van der Waals surface area contributed by atoms with E-state index < -0.39 is 12.0 Å². The molecule has 0 aliphatic rings. The second-order valence-electron chi connectivity index (χ2n) is 4.06. The third-order valence-corrected chi connectivity index (χ3v) is 2.25. The van der Waals surface area contributed by atoms with E-state index in [1.807, 2.05) is 26.0 Å². The first-order chi connectivity index (χ1) is 9.10. The van der Waals surface area contributed by atoms with Gasteiger partial charge in [-0.2, -0.15) is 0 Å². The molecule has 0 spiro atoms. The van der Waals surface area contributed by atoms with Crippen LogP contribution in [-0.4, -0.2) is 17.6 Å². The minimum absolute atomic E-state index is 0.223. The molecule has 0 aliphatic carbocycles. The number of pyridine rings is 1. The number of allylic oxidation sites excluding steroid dienone is 1. The molecular formula is C13H16N4O2. The van der Waals surface area contributed by atoms with E-state index in [4.69, 9.17) is 10.3 Å². The van der Waals surface area contributed by atoms with Crippen LogP contribution >= 0.6 is 0 Å². The van der Waals surface area contributed by atoms with Gasteiger partial charge in [-0.3, -0.25) is 9.78 Å². The van der Waals surface area contributed by atoms with Gasteiger partial charge < -0.3 is 4.74 Å². The van der Waals surface area contributed by atoms with Crippen molar-refractivity contribution in [1.82, 2.24) is 4.98 Å². The zero-order chi connectivity index (χ0) is 14.3. The molecule has 0 saturated carbocycles. The number of rotatable bonds is 5. The standard InChI is InChI=1S/C13H16N4O2/c1-4-19-13(18)12(16-17-14)11-10(8-9(2)3)6-5-7-15-11/h5-8,12H,4H2,1-3H3. The Labute approximate surface area is 111 Å². The summed E-state index contributed by atoms with van der Waals surface area (Å²) >= 11 is 0. The summed E-state index contributed by atoms with van der Waals surface area (Å²) in [7, 11) is 0. The van der Waals surface area contributed by atoms with Crippen molar-refractivity contribution in [3.05, 3.63) is 45.6 Å². The van der Waals surface area contributed by atoms with Crippen LogP contribution < -0.4 is 0 Å². The number of aromatic nitrogens is 1. The van der Waals surface area contributed by atoms with Gasteiger partial charge in [0.2, 0.25) is 0 Å². The Morgan fingerprint density at radius 2 is 2.37 bits per heavy atom. The lowest BCUT2D eigenvalue weighted by Gasteiger charge is -2.12. The molecule has 6 nitrogen and oxygen atoms in total. The Kier molecular flexibility index (Phi) is 5.57. The van der Waals surface area contributed by atoms with Gasteiger partial charge in [-0.25, -0.2) is 0 Å². The lowest BCUT2D eigenvalue weighted by atomic mass is 10.1. The summed E-state index contributed by atoms with van der Waals surface area (Å²) in [6.07, 6.45) is 3.43. The zero-order valence-corrected chi connectivity index (χ0v) is 11.2. The molecule has 19 heavy (non-hydrogen) atoms. The van der Waals surface area contributed by atoms with E-state index in [2.05, 4.69) is 15.0 Å². The number of esters is 1. The van der Waals surface area contributed by atoms with Crippen LogP contribution in [0.3, 0.4) is 0 Å². The van der Waals surface area contributed by atoms with Crippen LogP contribution in [0.2, 0.25) is 0 Å². The number of nitrogens with zero attached hydrogens (tertiary/aromatic N) is 4. The topological polar surface area (TPSA) is 88.0 Å². The van der Waals surface area contributed by atoms with Gasteiger partial charge in [0.25, 0.3) is 0 Å². The first-order valence-electron chi connectivity index (χ1n) is 5.90. The molecule has 1 rings (SSSR count). The molecule has 1 aromatic rings. The lowest BCUT2D eigenvalue weighted by Crippen LogP contribution is -2.16. The molecule has 0 aliphatic heterocycles. The van der Waals surface area contributed by atoms with Gasteiger partial charge >= 0.3 is 5.97 Å². The Hall–Kier alpha value is -2.33. The fourth-order valence-electron chi connectivity index (χ4n) is 1.58. The molecule has 0 radical (unpaired) electrons. The van der Waals surface area contributed by atoms with E-state index in [1.165, 1.54) is 0 Å². The van der Waals surface area contributed by atoms with Gasteiger partial charge in [0.1, 0.15) is 0 Å². The van der Waals surface area contributed by atoms with Gasteiger partial charge in [-0.1, -0.05) is 22.8 Å². The molecule has 0 fully saturated rings. The predicted molar refractivity (Wildman–Crippen MR) is 72.1 cm³/mol. The van der Waals surface area contributed by atoms with Crippen LogP contribution in [0.4, 0.5) is 0 Å². The second kappa shape index (κ2) is 7.18. The van der Waals surface area contributed by atoms with Gasteiger partial charge in [-0.15, -0.1) is 0 Å². The van der Waals surface area contributed by atoms with Crippen LogP contribution in [-0.2, 0) is 9.53 Å². The molecule has 6 heteroatoms. The van der Waals surface area contributed by atoms with Crippen LogP contribution in [0, 0.1) is 0 Å². The number of hydrogen-bond acceptors (Lipinski definition) is 4. The molecule has 0 N–H and O–H groups in total. The Morgan fingerprint density at radius 1 is 1.63 bits per heavy atom. The summed E-state index contributed by atoms with van der Waals surface area (Å²) in [5.74, 6) is -0.595. The highest BCUT2D eigenvalue weighted by atomic mass is 16.5. The number of carbonyl (C=O) groups is 1. The maximum absolute atomic E-state index is 11.8. The third kappa shape index (κ3) is 4.12. The normalized spacial score (nSPS) is 11.1. The van der Waals surface area contributed by atoms with E-state index in [9.17, 15) is 4.79 Å². The van der Waals surface area contributed by atoms with E-state index in [1.54, 1.807) is 19.2 Å². The summed E-state index contributed by atoms with van der Waals surface area (Å²) in [4.78, 5) is 18.7. The Balaban J connectivity index is 3.26. The quantitative estimate of drug-likeness (QED) is 0.351. The van der Waals surface area contributed by atoms with E-state index in [-0.39, 0.29) is 6.61 Å². The summed E-state index contributed by atoms with van der Waals surface area (Å²) in [5.41, 5.74) is 10.8. The van der Waals surface area contributed by atoms with Crippen molar-refractivity contribution in [3.63, 3.8) is 0 Å². The maximum atomic E-state index is 11.8. The molecule has 0 saturated heterocycles. The molecule has 1 heterocycles. The minimum atomic E-state index is -1.06. The fraction of sp³-hybridized carbons (Fsp3) is 0.385. The highest BCUT2D eigenvalue weighted by Crippen LogP contribution is 2.23. The molecule has 0 bridgehead atoms. The van der Waals surface area contributed by atoms with Crippen LogP contribution in [0.1, 0.15) is 38.1 Å². The van der Waals surface area contributed by atoms with Crippen molar-refractivity contribution < 1.29 is 9.53 Å². The van der Waals surface area contributed by atoms with Crippen LogP contribution in [0.15, 0.2) is 29.0 Å². The highest BCUT2D eigenvalue weighted by Gasteiger charge is 2.24. The van der Waals surface area contributed by atoms with Crippen molar-refractivity contribution in [3.8, 4) is 0 Å². The summed E-state index contributed by atoms with van der Waals surface area (Å²) < 4.78 is 4.91. The van der Waals surface area contributed by atoms with Crippen molar-refractivity contribution in [2.75, 3.05) is 6.61 Å². The fourth-order valence-corrected chi connectivity index (χ4v) is 1.58. The molecule has 1 unspecified atom stereocenters. The molecule has 0 aromatic carbocycles. The summed E-state index contributed by atoms with van der Waals surface area (Å²) in [6.45, 7) is 5.79. The molecular weight excluding hydrogens is 244 g/mol. The van der Waals surface area contributed by atoms with Gasteiger partial charge in [0.15, 0.2) is 6.04 Å². The van der Waals surface area contributed by atoms with E-state index in [0.29, 0.717) is 5.69 Å². The lowest BCUT2D eigenvalue weighted by molar-refractivity contribution is -0.144. The van der Waals surface area contributed by atoms with Crippen LogP contribution in [0.5, 0.6) is 0 Å². The van der Waals surface area contributed by atoms with Gasteiger partial charge in [0, 0.05) is 11.1 Å². The number of hydrogen-bond donors (Lipinski definition) is 0. The van der Waals surface area contributed by atoms with Gasteiger partial charge in [-0.05, 0) is 37.9 Å². The van der Waals surface area contributed by atoms with Crippen molar-refractivity contribution >= 4 is 12.0 Å². The van der Waals surface area contributed by atoms with Crippen molar-refractivity contribution in [2.24, 2.45) is 5.11 Å². The first-order valence-corrected chi connectivity index (χ1v) is 5.90. The third-order valence-electron chi connectivity index (χ3n) is 2.25. The smallest absolute Gasteiger partial charge is 0.321 e. The second-order valence-corrected chi connectivity index (χ2v) is 4.06. The molecule has 100 valence electrons. The number of carbonyl (C=O) groups excluding carboxylic acids is 1. The zero-order valence-electron chi connectivity index (χ0n) is 11.2. The first kappa shape index (κ1) is 14.7. The molecule has 1 aromatic heterocycles. The molecule has 1 atom stereocenters. The van der Waals surface area contributed by atoms with Crippen LogP contribution in [0.25, 0.3) is 16.5 Å². The summed E-state index contributed by atoms with van der Waals surface area (Å²) in [5, 5.41) is 3.50. The average molecular weight is 260 g/mol. The average Bonchev–Trinajstić information content (AvgIpc) is 2.36. The van der Waals surface area contributed by atoms with E-state index in [0.717, 1.165) is 11.1 Å². The Morgan fingerprint density at radius 3 is 2.95 bits per heavy atom. The predicted octanol–water partition coefficient (Wildman–Crippen LogP) is 3.42. The van der Waals surface area contributed by atoms with Crippen molar-refractivity contribution in [2.45, 2.75) is 26.8 Å². The maximum Gasteiger partial charge on any atom is 0.321 e. The molecule has 0 amide bonds. The monoisotopic (exact) mass is 260 g/mol. The van der Waals surface area contributed by atoms with Crippen molar-refractivity contribution in [1.29, 1.82) is 0 Å². The number of ether oxygens (including phenoxy) is 1. The Bertz CT molecular complexity index is 529. The minimum Gasteiger partial charge on any atom is -0.465 e. The van der Waals surface area contributed by atoms with E-state index >= 15 is 0 Å².